The highest BCUT2D eigenvalue weighted by Crippen LogP contribution is 2.28. The second-order valence-corrected chi connectivity index (χ2v) is 8.35. The predicted molar refractivity (Wildman–Crippen MR) is 114 cm³/mol. The van der Waals surface area contributed by atoms with E-state index in [1.807, 2.05) is 24.8 Å². The first-order chi connectivity index (χ1) is 13.0. The van der Waals surface area contributed by atoms with Crippen molar-refractivity contribution in [3.8, 4) is 0 Å². The van der Waals surface area contributed by atoms with E-state index in [1.165, 1.54) is 18.9 Å². The summed E-state index contributed by atoms with van der Waals surface area (Å²) in [5, 5.41) is 3.06. The number of anilines is 1. The molecular formula is C21H34FN3OS. The Hall–Kier alpha value is -1.27. The van der Waals surface area contributed by atoms with Crippen molar-refractivity contribution in [2.24, 2.45) is 0 Å². The van der Waals surface area contributed by atoms with Crippen molar-refractivity contribution in [3.05, 3.63) is 29.6 Å². The van der Waals surface area contributed by atoms with Crippen molar-refractivity contribution in [2.75, 3.05) is 49.1 Å². The highest BCUT2D eigenvalue weighted by molar-refractivity contribution is 7.99. The van der Waals surface area contributed by atoms with Gasteiger partial charge in [-0.3, -0.25) is 4.79 Å². The smallest absolute Gasteiger partial charge is 0.221 e. The quantitative estimate of drug-likeness (QED) is 0.606. The van der Waals surface area contributed by atoms with Gasteiger partial charge in [-0.05, 0) is 43.8 Å². The summed E-state index contributed by atoms with van der Waals surface area (Å²) in [4.78, 5) is 17.0. The maximum atomic E-state index is 13.9. The summed E-state index contributed by atoms with van der Waals surface area (Å²) < 4.78 is 13.9. The molecule has 0 radical (unpaired) electrons. The summed E-state index contributed by atoms with van der Waals surface area (Å²) in [5.74, 6) is 1.74. The van der Waals surface area contributed by atoms with Crippen molar-refractivity contribution in [3.63, 3.8) is 0 Å². The van der Waals surface area contributed by atoms with E-state index >= 15 is 0 Å². The maximum Gasteiger partial charge on any atom is 0.221 e. The van der Waals surface area contributed by atoms with Gasteiger partial charge >= 0.3 is 0 Å². The van der Waals surface area contributed by atoms with E-state index in [1.54, 1.807) is 6.07 Å². The monoisotopic (exact) mass is 395 g/mol. The molecule has 2 rings (SSSR count). The van der Waals surface area contributed by atoms with Crippen molar-refractivity contribution in [2.45, 2.75) is 46.1 Å². The molecule has 0 aromatic heterocycles. The normalized spacial score (nSPS) is 16.4. The predicted octanol–water partition coefficient (Wildman–Crippen LogP) is 4.07. The Kier molecular flexibility index (Phi) is 9.42. The van der Waals surface area contributed by atoms with E-state index in [0.29, 0.717) is 6.42 Å². The lowest BCUT2D eigenvalue weighted by Gasteiger charge is -2.37. The number of carbonyl (C=O) groups excluding carboxylic acids is 1. The number of hydrogen-bond donors (Lipinski definition) is 1. The first kappa shape index (κ1) is 22.0. The van der Waals surface area contributed by atoms with E-state index in [4.69, 9.17) is 0 Å². The molecule has 1 aliphatic rings. The summed E-state index contributed by atoms with van der Waals surface area (Å²) in [6.45, 7) is 11.3. The molecule has 27 heavy (non-hydrogen) atoms. The number of nitrogens with one attached hydrogen (secondary N) is 1. The lowest BCUT2D eigenvalue weighted by atomic mass is 10.0. The van der Waals surface area contributed by atoms with Crippen LogP contribution in [0.5, 0.6) is 0 Å². The molecule has 1 fully saturated rings. The van der Waals surface area contributed by atoms with Gasteiger partial charge in [0.25, 0.3) is 0 Å². The molecule has 1 aliphatic heterocycles. The fourth-order valence-electron chi connectivity index (χ4n) is 3.37. The summed E-state index contributed by atoms with van der Waals surface area (Å²) >= 11 is 1.83. The van der Waals surface area contributed by atoms with Crippen LogP contribution in [-0.2, 0) is 4.79 Å². The number of thioether (sulfide) groups is 1. The minimum atomic E-state index is -0.253. The zero-order valence-corrected chi connectivity index (χ0v) is 17.8. The average molecular weight is 396 g/mol. The number of benzene rings is 1. The van der Waals surface area contributed by atoms with Crippen LogP contribution >= 0.6 is 11.8 Å². The van der Waals surface area contributed by atoms with Crippen LogP contribution in [0.4, 0.5) is 10.1 Å². The number of carbonyl (C=O) groups is 1. The van der Waals surface area contributed by atoms with Gasteiger partial charge in [-0.25, -0.2) is 4.39 Å². The van der Waals surface area contributed by atoms with Gasteiger partial charge in [0.15, 0.2) is 0 Å². The van der Waals surface area contributed by atoms with E-state index in [9.17, 15) is 9.18 Å². The Morgan fingerprint density at radius 3 is 2.63 bits per heavy atom. The fourth-order valence-corrected chi connectivity index (χ4v) is 4.40. The number of rotatable bonds is 10. The molecule has 1 amide bonds. The maximum absolute atomic E-state index is 13.9. The van der Waals surface area contributed by atoms with Crippen molar-refractivity contribution >= 4 is 23.4 Å². The molecule has 6 heteroatoms. The summed E-state index contributed by atoms with van der Waals surface area (Å²) in [6, 6.07) is 4.75. The van der Waals surface area contributed by atoms with Crippen LogP contribution in [0.1, 0.15) is 51.6 Å². The van der Waals surface area contributed by atoms with Crippen LogP contribution in [0.3, 0.4) is 0 Å². The van der Waals surface area contributed by atoms with Gasteiger partial charge in [-0.2, -0.15) is 11.8 Å². The number of amides is 1. The third-order valence-corrected chi connectivity index (χ3v) is 6.18. The Bertz CT molecular complexity index is 591. The number of nitrogens with zero attached hydrogens (tertiary/aromatic N) is 2. The molecule has 1 unspecified atom stereocenters. The number of hydrogen-bond acceptors (Lipinski definition) is 4. The molecule has 1 heterocycles. The van der Waals surface area contributed by atoms with Gasteiger partial charge in [-0.1, -0.05) is 20.3 Å². The molecular weight excluding hydrogens is 361 g/mol. The molecule has 1 atom stereocenters. The molecule has 0 bridgehead atoms. The second-order valence-electron chi connectivity index (χ2n) is 7.13. The topological polar surface area (TPSA) is 35.6 Å². The van der Waals surface area contributed by atoms with Crippen molar-refractivity contribution in [1.82, 2.24) is 10.2 Å². The van der Waals surface area contributed by atoms with Crippen LogP contribution in [0.25, 0.3) is 0 Å². The summed E-state index contributed by atoms with van der Waals surface area (Å²) in [7, 11) is 0. The molecule has 0 aliphatic carbocycles. The standard InChI is InChI=1S/C21H34FN3OS/c1-4-6-14-27-15-9-21(26)23-17(3)19-16-18(22)7-8-20(19)25-12-10-24(5-2)11-13-25/h7-8,16-17H,4-6,9-15H2,1-3H3,(H,23,26). The van der Waals surface area contributed by atoms with Crippen LogP contribution in [0.15, 0.2) is 18.2 Å². The van der Waals surface area contributed by atoms with Gasteiger partial charge in [0.05, 0.1) is 6.04 Å². The lowest BCUT2D eigenvalue weighted by Crippen LogP contribution is -2.46. The van der Waals surface area contributed by atoms with Gasteiger partial charge in [0, 0.05) is 49.6 Å². The Labute approximate surface area is 167 Å². The summed E-state index contributed by atoms with van der Waals surface area (Å²) in [6.07, 6.45) is 2.89. The van der Waals surface area contributed by atoms with Crippen molar-refractivity contribution in [1.29, 1.82) is 0 Å². The molecule has 1 saturated heterocycles. The Balaban J connectivity index is 1.95. The number of piperazine rings is 1. The minimum absolute atomic E-state index is 0.0394. The van der Waals surface area contributed by atoms with Crippen LogP contribution < -0.4 is 10.2 Å². The lowest BCUT2D eigenvalue weighted by molar-refractivity contribution is -0.121. The van der Waals surface area contributed by atoms with Crippen LogP contribution in [0, 0.1) is 5.82 Å². The average Bonchev–Trinajstić information content (AvgIpc) is 2.68. The zero-order chi connectivity index (χ0) is 19.6. The van der Waals surface area contributed by atoms with E-state index in [-0.39, 0.29) is 17.8 Å². The van der Waals surface area contributed by atoms with Gasteiger partial charge in [0.1, 0.15) is 5.82 Å². The van der Waals surface area contributed by atoms with Crippen molar-refractivity contribution < 1.29 is 9.18 Å². The highest BCUT2D eigenvalue weighted by Gasteiger charge is 2.21. The molecule has 4 nitrogen and oxygen atoms in total. The second kappa shape index (κ2) is 11.5. The third-order valence-electron chi connectivity index (χ3n) is 5.11. The molecule has 0 saturated carbocycles. The number of likely N-dealkylation sites (N-methyl/N-ethyl adjacent to an activating group) is 1. The first-order valence-corrected chi connectivity index (χ1v) is 11.3. The van der Waals surface area contributed by atoms with Gasteiger partial charge in [-0.15, -0.1) is 0 Å². The van der Waals surface area contributed by atoms with E-state index in [2.05, 4.69) is 29.0 Å². The van der Waals surface area contributed by atoms with E-state index in [0.717, 1.165) is 55.5 Å². The molecule has 1 aromatic carbocycles. The molecule has 152 valence electrons. The molecule has 0 spiro atoms. The zero-order valence-electron chi connectivity index (χ0n) is 17.0. The minimum Gasteiger partial charge on any atom is -0.369 e. The first-order valence-electron chi connectivity index (χ1n) is 10.2. The van der Waals surface area contributed by atoms with Gasteiger partial charge < -0.3 is 15.1 Å². The molecule has 1 N–H and O–H groups in total. The Morgan fingerprint density at radius 1 is 1.22 bits per heavy atom. The van der Waals surface area contributed by atoms with Gasteiger partial charge in [0.2, 0.25) is 5.91 Å². The third kappa shape index (κ3) is 7.00. The number of halogens is 1. The highest BCUT2D eigenvalue weighted by atomic mass is 32.2. The van der Waals surface area contributed by atoms with E-state index < -0.39 is 0 Å². The SMILES string of the molecule is CCCCSCCC(=O)NC(C)c1cc(F)ccc1N1CCN(CC)CC1. The molecule has 1 aromatic rings. The van der Waals surface area contributed by atoms with Crippen LogP contribution in [0.2, 0.25) is 0 Å². The summed E-state index contributed by atoms with van der Waals surface area (Å²) in [5.41, 5.74) is 1.91. The Morgan fingerprint density at radius 2 is 1.96 bits per heavy atom. The van der Waals surface area contributed by atoms with Crippen LogP contribution in [-0.4, -0.2) is 55.0 Å². The number of unbranched alkanes of at least 4 members (excludes halogenated alkanes) is 1. The fraction of sp³-hybridized carbons (Fsp3) is 0.667. The largest absolute Gasteiger partial charge is 0.369 e.